The van der Waals surface area contributed by atoms with Crippen LogP contribution >= 0.6 is 0 Å². The number of hydrogen-bond donors (Lipinski definition) is 2. The second kappa shape index (κ2) is 42.4. The first kappa shape index (κ1) is 60.1. The van der Waals surface area contributed by atoms with Gasteiger partial charge in [0.2, 0.25) is 0 Å². The molecule has 1 aromatic rings. The van der Waals surface area contributed by atoms with Crippen LogP contribution in [-0.4, -0.2) is 75.4 Å². The molecule has 378 valence electrons. The molecule has 0 amide bonds. The lowest BCUT2D eigenvalue weighted by Crippen LogP contribution is -2.37. The van der Waals surface area contributed by atoms with Gasteiger partial charge in [-0.3, -0.25) is 24.0 Å². The Hall–Kier alpha value is -2.95. The smallest absolute Gasteiger partial charge is 0.320 e. The molecule has 0 saturated carbocycles. The first-order chi connectivity index (χ1) is 31.7. The van der Waals surface area contributed by atoms with Crippen molar-refractivity contribution >= 4 is 29.3 Å². The summed E-state index contributed by atoms with van der Waals surface area (Å²) in [6, 6.07) is 0. The summed E-state index contributed by atoms with van der Waals surface area (Å²) in [5, 5.41) is 5.99. The number of esters is 3. The predicted molar refractivity (Wildman–Crippen MR) is 271 cm³/mol. The minimum Gasteiger partial charge on any atom is -0.465 e. The van der Waals surface area contributed by atoms with E-state index < -0.39 is 28.7 Å². The van der Waals surface area contributed by atoms with Crippen molar-refractivity contribution in [2.75, 3.05) is 57.1 Å². The molecule has 0 atom stereocenters. The van der Waals surface area contributed by atoms with Crippen molar-refractivity contribution < 1.29 is 28.6 Å². The zero-order chi connectivity index (χ0) is 47.6. The number of rotatable bonds is 48. The van der Waals surface area contributed by atoms with E-state index in [4.69, 9.17) is 14.2 Å². The lowest BCUT2D eigenvalue weighted by atomic mass is 10.0. The maximum Gasteiger partial charge on any atom is 0.320 e. The molecule has 0 bridgehead atoms. The molecule has 0 radical (unpaired) electrons. The molecule has 0 fully saturated rings. The Morgan fingerprint density at radius 1 is 0.477 bits per heavy atom. The molecule has 11 nitrogen and oxygen atoms in total. The van der Waals surface area contributed by atoms with Gasteiger partial charge in [0.1, 0.15) is 17.5 Å². The van der Waals surface area contributed by atoms with Gasteiger partial charge in [0.05, 0.1) is 13.2 Å². The molecule has 65 heavy (non-hydrogen) atoms. The molecular weight excluding hydrogens is 819 g/mol. The van der Waals surface area contributed by atoms with Crippen LogP contribution in [0.4, 0.5) is 11.4 Å². The third-order valence-corrected chi connectivity index (χ3v) is 12.8. The summed E-state index contributed by atoms with van der Waals surface area (Å²) in [6.07, 6.45) is 35.8. The quantitative estimate of drug-likeness (QED) is 0.0212. The number of nitrogens with one attached hydrogen (secondary N) is 2. The van der Waals surface area contributed by atoms with E-state index in [1.807, 2.05) is 0 Å². The summed E-state index contributed by atoms with van der Waals surface area (Å²) in [7, 11) is 1.66. The molecular formula is C54H99N3O8. The molecule has 0 saturated heterocycles. The third-order valence-electron chi connectivity index (χ3n) is 12.8. The second-order valence-electron chi connectivity index (χ2n) is 18.7. The summed E-state index contributed by atoms with van der Waals surface area (Å²) < 4.78 is 17.2. The second-order valence-corrected chi connectivity index (χ2v) is 18.7. The van der Waals surface area contributed by atoms with Crippen LogP contribution in [0.1, 0.15) is 246 Å². The van der Waals surface area contributed by atoms with Gasteiger partial charge in [-0.15, -0.1) is 0 Å². The van der Waals surface area contributed by atoms with E-state index in [0.717, 1.165) is 161 Å². The maximum absolute atomic E-state index is 13.0. The average molecular weight is 918 g/mol. The number of carbonyl (C=O) groups excluding carboxylic acids is 3. The summed E-state index contributed by atoms with van der Waals surface area (Å²) in [5.41, 5.74) is -0.167. The first-order valence-electron chi connectivity index (χ1n) is 27.2. The number of ether oxygens (including phenoxy) is 3. The maximum atomic E-state index is 13.0. The van der Waals surface area contributed by atoms with Gasteiger partial charge in [0, 0.05) is 20.0 Å². The zero-order valence-corrected chi connectivity index (χ0v) is 42.7. The highest BCUT2D eigenvalue weighted by atomic mass is 16.6. The van der Waals surface area contributed by atoms with Gasteiger partial charge in [-0.05, 0) is 90.3 Å². The van der Waals surface area contributed by atoms with Gasteiger partial charge in [-0.1, -0.05) is 169 Å². The van der Waals surface area contributed by atoms with Crippen LogP contribution in [0.25, 0.3) is 0 Å². The van der Waals surface area contributed by atoms with Crippen LogP contribution in [-0.2, 0) is 28.6 Å². The minimum absolute atomic E-state index is 0.0247. The first-order valence-corrected chi connectivity index (χ1v) is 27.2. The number of nitrogens with zero attached hydrogens (tertiary/aromatic N) is 1. The van der Waals surface area contributed by atoms with Crippen molar-refractivity contribution in [1.82, 2.24) is 4.90 Å². The van der Waals surface area contributed by atoms with Crippen molar-refractivity contribution in [2.45, 2.75) is 252 Å². The molecule has 2 N–H and O–H groups in total. The normalized spacial score (nSPS) is 11.6. The Balaban J connectivity index is 2.59. The lowest BCUT2D eigenvalue weighted by molar-refractivity contribution is -0.162. The molecule has 0 unspecified atom stereocenters. The Kier molecular flexibility index (Phi) is 39.2. The van der Waals surface area contributed by atoms with Gasteiger partial charge in [0.25, 0.3) is 10.9 Å². The zero-order valence-electron chi connectivity index (χ0n) is 42.7. The van der Waals surface area contributed by atoms with Crippen molar-refractivity contribution in [2.24, 2.45) is 5.92 Å². The summed E-state index contributed by atoms with van der Waals surface area (Å²) in [6.45, 7) is 12.9. The number of hydrogen-bond acceptors (Lipinski definition) is 11. The fraction of sp³-hybridized carbons (Fsp3) is 0.870. The van der Waals surface area contributed by atoms with Gasteiger partial charge in [-0.2, -0.15) is 0 Å². The van der Waals surface area contributed by atoms with E-state index in [2.05, 4.69) is 43.2 Å². The Morgan fingerprint density at radius 3 is 1.37 bits per heavy atom. The SMILES string of the molecule is CCCCCCCCC(CCCCCCCC)OC(=O)CCCCCCCN(CCCCCCC(C(=O)OCCCCCC)C(=O)OCCCCCC)CCCNc1c(NC)c(=O)c1=O. The molecule has 1 aromatic carbocycles. The Labute approximate surface area is 397 Å². The van der Waals surface area contributed by atoms with Crippen LogP contribution < -0.4 is 21.5 Å². The average Bonchev–Trinajstić information content (AvgIpc) is 3.30. The van der Waals surface area contributed by atoms with Crippen LogP contribution in [0.3, 0.4) is 0 Å². The largest absolute Gasteiger partial charge is 0.465 e. The third kappa shape index (κ3) is 30.9. The van der Waals surface area contributed by atoms with E-state index in [9.17, 15) is 24.0 Å². The monoisotopic (exact) mass is 918 g/mol. The van der Waals surface area contributed by atoms with Crippen LogP contribution in [0.15, 0.2) is 9.59 Å². The summed E-state index contributed by atoms with van der Waals surface area (Å²) in [5.74, 6) is -1.78. The van der Waals surface area contributed by atoms with E-state index in [1.54, 1.807) is 7.05 Å². The fourth-order valence-corrected chi connectivity index (χ4v) is 8.57. The van der Waals surface area contributed by atoms with Crippen LogP contribution in [0.2, 0.25) is 0 Å². The summed E-state index contributed by atoms with van der Waals surface area (Å²) in [4.78, 5) is 65.3. The van der Waals surface area contributed by atoms with E-state index in [0.29, 0.717) is 44.0 Å². The molecule has 1 rings (SSSR count). The molecule has 11 heteroatoms. The number of unbranched alkanes of at least 4 members (excludes halogenated alkanes) is 23. The lowest BCUT2D eigenvalue weighted by Gasteiger charge is -2.23. The van der Waals surface area contributed by atoms with Crippen LogP contribution in [0, 0.1) is 5.92 Å². The molecule has 0 aliphatic rings. The molecule has 0 aromatic heterocycles. The predicted octanol–water partition coefficient (Wildman–Crippen LogP) is 13.0. The standard InChI is InChI=1S/C54H99N3O8/c1-6-10-14-18-21-27-36-46(37-28-22-19-15-11-7-2)65-48(58)39-30-23-20-25-31-41-57(43-35-40-56-50-49(55-5)51(59)52(50)60)42-32-26-24-29-38-47(53(61)63-44-33-16-12-8-3)54(62)64-45-34-17-13-9-4/h46-47,55-56H,6-45H2,1-5H3. The highest BCUT2D eigenvalue weighted by molar-refractivity contribution is 5.94. The van der Waals surface area contributed by atoms with Crippen molar-refractivity contribution in [1.29, 1.82) is 0 Å². The Morgan fingerprint density at radius 2 is 0.877 bits per heavy atom. The molecule has 0 aliphatic carbocycles. The van der Waals surface area contributed by atoms with E-state index in [1.165, 1.54) is 64.2 Å². The van der Waals surface area contributed by atoms with E-state index in [-0.39, 0.29) is 12.1 Å². The van der Waals surface area contributed by atoms with E-state index >= 15 is 0 Å². The molecule has 0 spiro atoms. The molecule has 0 aliphatic heterocycles. The van der Waals surface area contributed by atoms with Gasteiger partial charge >= 0.3 is 17.9 Å². The van der Waals surface area contributed by atoms with Gasteiger partial charge in [0.15, 0.2) is 5.92 Å². The van der Waals surface area contributed by atoms with Crippen molar-refractivity contribution in [3.8, 4) is 0 Å². The van der Waals surface area contributed by atoms with Gasteiger partial charge < -0.3 is 29.7 Å². The highest BCUT2D eigenvalue weighted by Crippen LogP contribution is 2.20. The van der Waals surface area contributed by atoms with Crippen molar-refractivity contribution in [3.05, 3.63) is 20.4 Å². The van der Waals surface area contributed by atoms with Crippen molar-refractivity contribution in [3.63, 3.8) is 0 Å². The number of anilines is 2. The Bertz CT molecular complexity index is 1340. The minimum atomic E-state index is -0.861. The molecule has 0 heterocycles. The number of carbonyl (C=O) groups is 3. The topological polar surface area (TPSA) is 140 Å². The highest BCUT2D eigenvalue weighted by Gasteiger charge is 2.29. The summed E-state index contributed by atoms with van der Waals surface area (Å²) >= 11 is 0. The van der Waals surface area contributed by atoms with Gasteiger partial charge in [-0.25, -0.2) is 0 Å². The van der Waals surface area contributed by atoms with Crippen LogP contribution in [0.5, 0.6) is 0 Å². The fourth-order valence-electron chi connectivity index (χ4n) is 8.57.